The fraction of sp³-hybridized carbons (Fsp3) is 0.333. The van der Waals surface area contributed by atoms with Gasteiger partial charge in [-0.25, -0.2) is 0 Å². The molecule has 0 spiro atoms. The molecule has 2 aliphatic rings. The minimum absolute atomic E-state index is 0.0225. The van der Waals surface area contributed by atoms with Crippen LogP contribution in [0.1, 0.15) is 0 Å². The number of hydrogen-bond donors (Lipinski definition) is 0. The van der Waals surface area contributed by atoms with Crippen molar-refractivity contribution in [2.24, 2.45) is 0 Å². The van der Waals surface area contributed by atoms with Gasteiger partial charge < -0.3 is 9.90 Å². The number of thioether (sulfide) groups is 1. The standard InChI is InChI=1S/C6H4BrNO3S/c7-3-4(9)8-2(6(10)11)1-12-5(3)8/h1,3,5H,(H,10,11)/p-1/t3-,5-/m1/s1. The van der Waals surface area contributed by atoms with Crippen LogP contribution >= 0.6 is 27.7 Å². The van der Waals surface area contributed by atoms with Crippen LogP contribution < -0.4 is 5.11 Å². The minimum atomic E-state index is -1.29. The Hall–Kier alpha value is -0.490. The molecule has 2 heterocycles. The monoisotopic (exact) mass is 248 g/mol. The lowest BCUT2D eigenvalue weighted by atomic mass is 10.2. The molecule has 0 aromatic heterocycles. The average molecular weight is 249 g/mol. The average Bonchev–Trinajstić information content (AvgIpc) is 2.43. The van der Waals surface area contributed by atoms with Gasteiger partial charge >= 0.3 is 0 Å². The zero-order valence-electron chi connectivity index (χ0n) is 5.69. The number of hydrogen-bond acceptors (Lipinski definition) is 4. The number of carboxylic acid groups (broad SMARTS) is 1. The first kappa shape index (κ1) is 8.12. The van der Waals surface area contributed by atoms with Crippen molar-refractivity contribution >= 4 is 39.6 Å². The van der Waals surface area contributed by atoms with Crippen LogP contribution in [0.4, 0.5) is 0 Å². The van der Waals surface area contributed by atoms with E-state index in [4.69, 9.17) is 0 Å². The van der Waals surface area contributed by atoms with Crippen LogP contribution in [0.3, 0.4) is 0 Å². The summed E-state index contributed by atoms with van der Waals surface area (Å²) in [6, 6.07) is 0. The molecule has 1 amide bonds. The molecule has 64 valence electrons. The predicted molar refractivity (Wildman–Crippen MR) is 44.0 cm³/mol. The Morgan fingerprint density at radius 2 is 2.42 bits per heavy atom. The van der Waals surface area contributed by atoms with Crippen molar-refractivity contribution in [3.05, 3.63) is 11.1 Å². The van der Waals surface area contributed by atoms with Gasteiger partial charge in [-0.15, -0.1) is 11.8 Å². The number of alkyl halides is 1. The lowest BCUT2D eigenvalue weighted by molar-refractivity contribution is -0.301. The molecule has 0 N–H and O–H groups in total. The number of carboxylic acids is 1. The molecule has 2 aliphatic heterocycles. The highest BCUT2D eigenvalue weighted by Gasteiger charge is 2.50. The van der Waals surface area contributed by atoms with Crippen molar-refractivity contribution in [1.82, 2.24) is 4.90 Å². The second-order valence-electron chi connectivity index (χ2n) is 2.43. The molecule has 1 fully saturated rings. The third kappa shape index (κ3) is 0.847. The number of carbonyl (C=O) groups excluding carboxylic acids is 2. The first-order valence-corrected chi connectivity index (χ1v) is 5.03. The Bertz CT molecular complexity index is 303. The molecular formula is C6H3BrNO3S-. The highest BCUT2D eigenvalue weighted by atomic mass is 79.9. The summed E-state index contributed by atoms with van der Waals surface area (Å²) in [7, 11) is 0. The van der Waals surface area contributed by atoms with E-state index in [1.54, 1.807) is 0 Å². The highest BCUT2D eigenvalue weighted by molar-refractivity contribution is 9.10. The van der Waals surface area contributed by atoms with Crippen molar-refractivity contribution < 1.29 is 14.7 Å². The third-order valence-electron chi connectivity index (χ3n) is 1.77. The van der Waals surface area contributed by atoms with Gasteiger partial charge in [-0.1, -0.05) is 15.9 Å². The maximum absolute atomic E-state index is 11.1. The van der Waals surface area contributed by atoms with Crippen LogP contribution in [-0.2, 0) is 9.59 Å². The Labute approximate surface area is 80.7 Å². The summed E-state index contributed by atoms with van der Waals surface area (Å²) in [6.07, 6.45) is 0. The van der Waals surface area contributed by atoms with E-state index < -0.39 is 5.97 Å². The third-order valence-corrected chi connectivity index (χ3v) is 4.13. The molecular weight excluding hydrogens is 246 g/mol. The van der Waals surface area contributed by atoms with E-state index in [1.165, 1.54) is 22.1 Å². The predicted octanol–water partition coefficient (Wildman–Crippen LogP) is -0.744. The van der Waals surface area contributed by atoms with Gasteiger partial charge in [-0.05, 0) is 5.41 Å². The molecule has 12 heavy (non-hydrogen) atoms. The Morgan fingerprint density at radius 3 is 3.00 bits per heavy atom. The van der Waals surface area contributed by atoms with Gasteiger partial charge in [0, 0.05) is 0 Å². The highest BCUT2D eigenvalue weighted by Crippen LogP contribution is 2.43. The fourth-order valence-corrected chi connectivity index (χ4v) is 3.05. The zero-order valence-corrected chi connectivity index (χ0v) is 8.09. The maximum Gasteiger partial charge on any atom is 0.244 e. The largest absolute Gasteiger partial charge is 0.543 e. The van der Waals surface area contributed by atoms with Crippen LogP contribution in [0.2, 0.25) is 0 Å². The van der Waals surface area contributed by atoms with E-state index in [9.17, 15) is 14.7 Å². The molecule has 0 unspecified atom stereocenters. The second kappa shape index (κ2) is 2.50. The molecule has 4 nitrogen and oxygen atoms in total. The number of β-lactam (4-membered cyclic amide) rings is 1. The minimum Gasteiger partial charge on any atom is -0.543 e. The van der Waals surface area contributed by atoms with Crippen LogP contribution in [0.15, 0.2) is 11.1 Å². The molecule has 2 atom stereocenters. The molecule has 0 aromatic carbocycles. The molecule has 0 bridgehead atoms. The van der Waals surface area contributed by atoms with Gasteiger partial charge in [0.1, 0.15) is 10.2 Å². The van der Waals surface area contributed by atoms with Crippen LogP contribution in [0.25, 0.3) is 0 Å². The van der Waals surface area contributed by atoms with E-state index in [0.29, 0.717) is 0 Å². The second-order valence-corrected chi connectivity index (χ2v) is 4.40. The van der Waals surface area contributed by atoms with Crippen molar-refractivity contribution in [3.8, 4) is 0 Å². The maximum atomic E-state index is 11.1. The number of rotatable bonds is 1. The van der Waals surface area contributed by atoms with Crippen LogP contribution in [0.5, 0.6) is 0 Å². The van der Waals surface area contributed by atoms with Crippen molar-refractivity contribution in [1.29, 1.82) is 0 Å². The van der Waals surface area contributed by atoms with Crippen molar-refractivity contribution in [3.63, 3.8) is 0 Å². The SMILES string of the molecule is O=C([O-])C1=CS[C@@H]2[C@H](Br)C(=O)N12. The Kier molecular flexibility index (Phi) is 1.69. The van der Waals surface area contributed by atoms with Gasteiger partial charge in [0.15, 0.2) is 0 Å². The molecule has 2 rings (SSSR count). The zero-order chi connectivity index (χ0) is 8.88. The lowest BCUT2D eigenvalue weighted by Crippen LogP contribution is -2.59. The van der Waals surface area contributed by atoms with E-state index in [2.05, 4.69) is 15.9 Å². The summed E-state index contributed by atoms with van der Waals surface area (Å²) in [4.78, 5) is 22.5. The topological polar surface area (TPSA) is 60.4 Å². The van der Waals surface area contributed by atoms with Gasteiger partial charge in [-0.3, -0.25) is 9.69 Å². The summed E-state index contributed by atoms with van der Waals surface area (Å²) in [5, 5.41) is 11.8. The summed E-state index contributed by atoms with van der Waals surface area (Å²) in [5.74, 6) is -1.50. The number of aliphatic carboxylic acids is 1. The Balaban J connectivity index is 2.23. The summed E-state index contributed by atoms with van der Waals surface area (Å²) in [6.45, 7) is 0. The number of nitrogens with zero attached hydrogens (tertiary/aromatic N) is 1. The van der Waals surface area contributed by atoms with E-state index in [-0.39, 0.29) is 21.8 Å². The number of fused-ring (bicyclic) bond motifs is 1. The van der Waals surface area contributed by atoms with E-state index in [0.717, 1.165) is 0 Å². The summed E-state index contributed by atoms with van der Waals surface area (Å²) >= 11 is 4.47. The molecule has 0 radical (unpaired) electrons. The number of carbonyl (C=O) groups is 2. The Morgan fingerprint density at radius 1 is 1.75 bits per heavy atom. The molecule has 6 heteroatoms. The van der Waals surface area contributed by atoms with Crippen LogP contribution in [0, 0.1) is 0 Å². The summed E-state index contributed by atoms with van der Waals surface area (Å²) in [5.41, 5.74) is -0.0225. The molecule has 1 saturated heterocycles. The quantitative estimate of drug-likeness (QED) is 0.453. The van der Waals surface area contributed by atoms with E-state index >= 15 is 0 Å². The first-order valence-electron chi connectivity index (χ1n) is 3.17. The van der Waals surface area contributed by atoms with Crippen molar-refractivity contribution in [2.75, 3.05) is 0 Å². The molecule has 0 aliphatic carbocycles. The number of amides is 1. The lowest BCUT2D eigenvalue weighted by Gasteiger charge is -2.40. The van der Waals surface area contributed by atoms with Gasteiger partial charge in [-0.2, -0.15) is 0 Å². The van der Waals surface area contributed by atoms with Crippen molar-refractivity contribution in [2.45, 2.75) is 10.2 Å². The normalized spacial score (nSPS) is 32.6. The summed E-state index contributed by atoms with van der Waals surface area (Å²) < 4.78 is 0. The van der Waals surface area contributed by atoms with Gasteiger partial charge in [0.25, 0.3) is 0 Å². The van der Waals surface area contributed by atoms with Gasteiger partial charge in [0.2, 0.25) is 5.91 Å². The van der Waals surface area contributed by atoms with E-state index in [1.807, 2.05) is 0 Å². The molecule has 0 saturated carbocycles. The fourth-order valence-electron chi connectivity index (χ4n) is 1.15. The molecule has 0 aromatic rings. The van der Waals surface area contributed by atoms with Crippen LogP contribution in [-0.4, -0.2) is 27.0 Å². The smallest absolute Gasteiger partial charge is 0.244 e. The van der Waals surface area contributed by atoms with Gasteiger partial charge in [0.05, 0.1) is 11.7 Å². The first-order chi connectivity index (χ1) is 5.63. The number of halogens is 1.